The summed E-state index contributed by atoms with van der Waals surface area (Å²) in [6.07, 6.45) is 4.97. The Morgan fingerprint density at radius 1 is 1.29 bits per heavy atom. The number of anilines is 1. The van der Waals surface area contributed by atoms with E-state index in [4.69, 9.17) is 4.74 Å². The fourth-order valence-corrected chi connectivity index (χ4v) is 2.98. The third kappa shape index (κ3) is 3.24. The van der Waals surface area contributed by atoms with Gasteiger partial charge in [0.05, 0.1) is 6.10 Å². The second-order valence-corrected chi connectivity index (χ2v) is 5.66. The largest absolute Gasteiger partial charge is 0.382 e. The van der Waals surface area contributed by atoms with Crippen LogP contribution in [0, 0.1) is 6.92 Å². The first-order valence-electron chi connectivity index (χ1n) is 7.54. The number of aryl methyl sites for hydroxylation is 1. The van der Waals surface area contributed by atoms with E-state index in [1.807, 2.05) is 19.1 Å². The predicted molar refractivity (Wildman–Crippen MR) is 83.2 cm³/mol. The number of ether oxygens (including phenoxy) is 1. The normalized spacial score (nSPS) is 22.2. The molecule has 1 aromatic carbocycles. The molecule has 1 aliphatic carbocycles. The van der Waals surface area contributed by atoms with Crippen LogP contribution in [-0.2, 0) is 4.74 Å². The standard InChI is InChI=1S/C16H22N4O/c1-11-17-16(20-19-11)14-8-3-4-9-15(14)18-12-6-5-7-13(10-12)21-2/h3-4,8-9,12-13,18H,5-7,10H2,1-2H3,(H,17,19,20). The molecule has 0 spiro atoms. The Morgan fingerprint density at radius 2 is 2.14 bits per heavy atom. The second-order valence-electron chi connectivity index (χ2n) is 5.66. The summed E-state index contributed by atoms with van der Waals surface area (Å²) in [6, 6.07) is 8.66. The Labute approximate surface area is 125 Å². The minimum atomic E-state index is 0.370. The van der Waals surface area contributed by atoms with E-state index in [-0.39, 0.29) is 0 Å². The summed E-state index contributed by atoms with van der Waals surface area (Å²) in [6.45, 7) is 1.91. The number of hydrogen-bond acceptors (Lipinski definition) is 4. The van der Waals surface area contributed by atoms with Crippen LogP contribution in [0.3, 0.4) is 0 Å². The first kappa shape index (κ1) is 14.1. The van der Waals surface area contributed by atoms with Crippen LogP contribution < -0.4 is 5.32 Å². The third-order valence-electron chi connectivity index (χ3n) is 4.08. The number of nitrogens with zero attached hydrogens (tertiary/aromatic N) is 2. The lowest BCUT2D eigenvalue weighted by molar-refractivity contribution is 0.0669. The maximum Gasteiger partial charge on any atom is 0.183 e. The van der Waals surface area contributed by atoms with Gasteiger partial charge < -0.3 is 10.1 Å². The van der Waals surface area contributed by atoms with Crippen LogP contribution in [0.25, 0.3) is 11.4 Å². The van der Waals surface area contributed by atoms with E-state index in [2.05, 4.69) is 32.6 Å². The molecule has 112 valence electrons. The fourth-order valence-electron chi connectivity index (χ4n) is 2.98. The smallest absolute Gasteiger partial charge is 0.183 e. The SMILES string of the molecule is COC1CCCC(Nc2ccccc2-c2n[nH]c(C)n2)C1. The average Bonchev–Trinajstić information content (AvgIpc) is 2.94. The molecule has 1 fully saturated rings. The van der Waals surface area contributed by atoms with E-state index in [0.29, 0.717) is 12.1 Å². The molecule has 2 aromatic rings. The summed E-state index contributed by atoms with van der Waals surface area (Å²) in [7, 11) is 1.80. The highest BCUT2D eigenvalue weighted by molar-refractivity contribution is 5.73. The van der Waals surface area contributed by atoms with Gasteiger partial charge in [0.1, 0.15) is 5.82 Å². The van der Waals surface area contributed by atoms with Gasteiger partial charge in [-0.05, 0) is 44.7 Å². The van der Waals surface area contributed by atoms with Gasteiger partial charge in [-0.1, -0.05) is 12.1 Å². The first-order chi connectivity index (χ1) is 10.3. The van der Waals surface area contributed by atoms with E-state index < -0.39 is 0 Å². The maximum absolute atomic E-state index is 5.51. The van der Waals surface area contributed by atoms with Crippen molar-refractivity contribution in [3.63, 3.8) is 0 Å². The number of aromatic amines is 1. The van der Waals surface area contributed by atoms with E-state index in [1.54, 1.807) is 7.11 Å². The lowest BCUT2D eigenvalue weighted by atomic mass is 9.92. The highest BCUT2D eigenvalue weighted by Gasteiger charge is 2.22. The summed E-state index contributed by atoms with van der Waals surface area (Å²) >= 11 is 0. The number of para-hydroxylation sites is 1. The minimum absolute atomic E-state index is 0.370. The topological polar surface area (TPSA) is 62.8 Å². The number of methoxy groups -OCH3 is 1. The van der Waals surface area contributed by atoms with Gasteiger partial charge in [-0.25, -0.2) is 4.98 Å². The average molecular weight is 286 g/mol. The molecular weight excluding hydrogens is 264 g/mol. The molecule has 2 unspecified atom stereocenters. The zero-order valence-electron chi connectivity index (χ0n) is 12.6. The monoisotopic (exact) mass is 286 g/mol. The second kappa shape index (κ2) is 6.26. The van der Waals surface area contributed by atoms with E-state index in [0.717, 1.165) is 35.7 Å². The summed E-state index contributed by atoms with van der Waals surface area (Å²) in [5.41, 5.74) is 2.14. The zero-order valence-corrected chi connectivity index (χ0v) is 12.6. The quantitative estimate of drug-likeness (QED) is 0.906. The minimum Gasteiger partial charge on any atom is -0.382 e. The van der Waals surface area contributed by atoms with Crippen molar-refractivity contribution in [2.45, 2.75) is 44.8 Å². The fraction of sp³-hybridized carbons (Fsp3) is 0.500. The van der Waals surface area contributed by atoms with Crippen LogP contribution in [0.4, 0.5) is 5.69 Å². The van der Waals surface area contributed by atoms with Crippen molar-refractivity contribution in [2.75, 3.05) is 12.4 Å². The molecule has 0 aliphatic heterocycles. The Morgan fingerprint density at radius 3 is 2.90 bits per heavy atom. The summed E-state index contributed by atoms with van der Waals surface area (Å²) in [5.74, 6) is 1.58. The molecule has 1 heterocycles. The predicted octanol–water partition coefficient (Wildman–Crippen LogP) is 3.15. The number of hydrogen-bond donors (Lipinski definition) is 2. The Balaban J connectivity index is 1.79. The highest BCUT2D eigenvalue weighted by atomic mass is 16.5. The molecule has 2 N–H and O–H groups in total. The maximum atomic E-state index is 5.51. The summed E-state index contributed by atoms with van der Waals surface area (Å²) in [5, 5.41) is 10.8. The Kier molecular flexibility index (Phi) is 4.20. The number of aromatic nitrogens is 3. The van der Waals surface area contributed by atoms with Crippen LogP contribution in [-0.4, -0.2) is 34.4 Å². The van der Waals surface area contributed by atoms with Gasteiger partial charge in [-0.2, -0.15) is 5.10 Å². The van der Waals surface area contributed by atoms with Crippen molar-refractivity contribution >= 4 is 5.69 Å². The van der Waals surface area contributed by atoms with Crippen molar-refractivity contribution in [3.8, 4) is 11.4 Å². The van der Waals surface area contributed by atoms with E-state index in [1.165, 1.54) is 12.8 Å². The van der Waals surface area contributed by atoms with Crippen LogP contribution in [0.5, 0.6) is 0 Å². The Bertz CT molecular complexity index is 595. The first-order valence-corrected chi connectivity index (χ1v) is 7.54. The Hall–Kier alpha value is -1.88. The number of nitrogens with one attached hydrogen (secondary N) is 2. The zero-order chi connectivity index (χ0) is 14.7. The molecule has 1 aliphatic rings. The van der Waals surface area contributed by atoms with Crippen molar-refractivity contribution in [2.24, 2.45) is 0 Å². The summed E-state index contributed by atoms with van der Waals surface area (Å²) in [4.78, 5) is 4.43. The van der Waals surface area contributed by atoms with Gasteiger partial charge in [0, 0.05) is 24.4 Å². The van der Waals surface area contributed by atoms with Gasteiger partial charge >= 0.3 is 0 Å². The molecule has 21 heavy (non-hydrogen) atoms. The van der Waals surface area contributed by atoms with Gasteiger partial charge in [0.15, 0.2) is 5.82 Å². The molecule has 0 amide bonds. The molecule has 5 heteroatoms. The van der Waals surface area contributed by atoms with Gasteiger partial charge in [-0.3, -0.25) is 5.10 Å². The van der Waals surface area contributed by atoms with Crippen molar-refractivity contribution in [1.82, 2.24) is 15.2 Å². The van der Waals surface area contributed by atoms with Crippen molar-refractivity contribution in [1.29, 1.82) is 0 Å². The van der Waals surface area contributed by atoms with Crippen LogP contribution >= 0.6 is 0 Å². The number of benzene rings is 1. The molecule has 0 radical (unpaired) electrons. The molecule has 0 saturated heterocycles. The van der Waals surface area contributed by atoms with Crippen LogP contribution in [0.1, 0.15) is 31.5 Å². The van der Waals surface area contributed by atoms with Gasteiger partial charge in [-0.15, -0.1) is 0 Å². The van der Waals surface area contributed by atoms with Crippen LogP contribution in [0.2, 0.25) is 0 Å². The molecule has 5 nitrogen and oxygen atoms in total. The lowest BCUT2D eigenvalue weighted by Gasteiger charge is -2.30. The number of rotatable bonds is 4. The van der Waals surface area contributed by atoms with Crippen molar-refractivity contribution in [3.05, 3.63) is 30.1 Å². The molecule has 1 saturated carbocycles. The molecule has 2 atom stereocenters. The summed E-state index contributed by atoms with van der Waals surface area (Å²) < 4.78 is 5.51. The van der Waals surface area contributed by atoms with E-state index in [9.17, 15) is 0 Å². The van der Waals surface area contributed by atoms with E-state index >= 15 is 0 Å². The van der Waals surface area contributed by atoms with Crippen LogP contribution in [0.15, 0.2) is 24.3 Å². The molecule has 1 aromatic heterocycles. The molecular formula is C16H22N4O. The van der Waals surface area contributed by atoms with Crippen molar-refractivity contribution < 1.29 is 4.74 Å². The lowest BCUT2D eigenvalue weighted by Crippen LogP contribution is -2.31. The molecule has 0 bridgehead atoms. The van der Waals surface area contributed by atoms with Gasteiger partial charge in [0.25, 0.3) is 0 Å². The molecule has 3 rings (SSSR count). The highest BCUT2D eigenvalue weighted by Crippen LogP contribution is 2.29. The van der Waals surface area contributed by atoms with Gasteiger partial charge in [0.2, 0.25) is 0 Å². The third-order valence-corrected chi connectivity index (χ3v) is 4.08. The number of H-pyrrole nitrogens is 1.